The number of hydrogen-bond donors (Lipinski definition) is 0. The summed E-state index contributed by atoms with van der Waals surface area (Å²) in [7, 11) is -3.23. The maximum absolute atomic E-state index is 13.6. The van der Waals surface area contributed by atoms with Gasteiger partial charge in [0.15, 0.2) is 0 Å². The van der Waals surface area contributed by atoms with Gasteiger partial charge in [-0.1, -0.05) is 6.07 Å². The van der Waals surface area contributed by atoms with Crippen LogP contribution >= 0.6 is 0 Å². The van der Waals surface area contributed by atoms with Gasteiger partial charge in [0.05, 0.1) is 5.75 Å². The van der Waals surface area contributed by atoms with Crippen LogP contribution in [-0.2, 0) is 14.6 Å². The molecule has 1 unspecified atom stereocenters. The zero-order valence-corrected chi connectivity index (χ0v) is 13.8. The molecule has 1 aliphatic carbocycles. The monoisotopic (exact) mass is 343 g/mol. The molecular formula is C16H19F2NO3S. The summed E-state index contributed by atoms with van der Waals surface area (Å²) in [4.78, 5) is 13.8. The Bertz CT molecular complexity index is 707. The van der Waals surface area contributed by atoms with Crippen LogP contribution in [-0.4, -0.2) is 43.3 Å². The van der Waals surface area contributed by atoms with E-state index in [-0.39, 0.29) is 17.4 Å². The number of halogens is 2. The van der Waals surface area contributed by atoms with E-state index in [1.165, 1.54) is 11.0 Å². The second kappa shape index (κ2) is 6.78. The Morgan fingerprint density at radius 1 is 1.35 bits per heavy atom. The van der Waals surface area contributed by atoms with Gasteiger partial charge in [-0.25, -0.2) is 17.2 Å². The van der Waals surface area contributed by atoms with Gasteiger partial charge in [0, 0.05) is 30.0 Å². The van der Waals surface area contributed by atoms with E-state index in [9.17, 15) is 22.0 Å². The number of carbonyl (C=O) groups is 1. The summed E-state index contributed by atoms with van der Waals surface area (Å²) in [5, 5.41) is 0. The number of benzene rings is 1. The number of rotatable bonds is 6. The highest BCUT2D eigenvalue weighted by Gasteiger charge is 2.35. The van der Waals surface area contributed by atoms with E-state index in [1.54, 1.807) is 6.92 Å². The van der Waals surface area contributed by atoms with Gasteiger partial charge >= 0.3 is 0 Å². The molecule has 126 valence electrons. The van der Waals surface area contributed by atoms with E-state index in [1.807, 2.05) is 0 Å². The minimum Gasteiger partial charge on any atom is -0.332 e. The number of nitrogens with zero attached hydrogens (tertiary/aromatic N) is 1. The summed E-state index contributed by atoms with van der Waals surface area (Å²) in [6.45, 7) is 1.66. The van der Waals surface area contributed by atoms with Crippen LogP contribution < -0.4 is 0 Å². The highest BCUT2D eigenvalue weighted by molar-refractivity contribution is 7.90. The molecule has 2 rings (SSSR count). The minimum atomic E-state index is -3.23. The van der Waals surface area contributed by atoms with E-state index in [2.05, 4.69) is 0 Å². The van der Waals surface area contributed by atoms with Crippen molar-refractivity contribution in [2.24, 2.45) is 0 Å². The number of hydrogen-bond acceptors (Lipinski definition) is 3. The highest BCUT2D eigenvalue weighted by atomic mass is 32.2. The Hall–Kier alpha value is -1.76. The lowest BCUT2D eigenvalue weighted by Crippen LogP contribution is -2.43. The van der Waals surface area contributed by atoms with Crippen LogP contribution in [0.1, 0.15) is 25.3 Å². The number of sulfone groups is 1. The molecule has 1 saturated carbocycles. The topological polar surface area (TPSA) is 54.5 Å². The van der Waals surface area contributed by atoms with Crippen LogP contribution in [0.4, 0.5) is 8.78 Å². The first kappa shape index (κ1) is 17.6. The standard InChI is InChI=1S/C16H19F2NO3S/c1-11(10-23(2,21)22)19(12-6-7-12)16(20)9-8-13-14(17)4-3-5-15(13)18/h3-5,8-9,11-12H,6-7,10H2,1-2H3. The largest absolute Gasteiger partial charge is 0.332 e. The van der Waals surface area contributed by atoms with Crippen LogP contribution in [0.2, 0.25) is 0 Å². The third-order valence-corrected chi connectivity index (χ3v) is 4.69. The van der Waals surface area contributed by atoms with Crippen LogP contribution in [0, 0.1) is 11.6 Å². The van der Waals surface area contributed by atoms with Crippen molar-refractivity contribution in [2.45, 2.75) is 31.8 Å². The molecule has 0 N–H and O–H groups in total. The van der Waals surface area contributed by atoms with Gasteiger partial charge in [-0.2, -0.15) is 0 Å². The lowest BCUT2D eigenvalue weighted by molar-refractivity contribution is -0.128. The Morgan fingerprint density at radius 2 is 1.91 bits per heavy atom. The summed E-state index contributed by atoms with van der Waals surface area (Å²) < 4.78 is 50.0. The van der Waals surface area contributed by atoms with Gasteiger partial charge in [0.1, 0.15) is 21.5 Å². The van der Waals surface area contributed by atoms with Crippen molar-refractivity contribution >= 4 is 21.8 Å². The molecule has 23 heavy (non-hydrogen) atoms. The average molecular weight is 343 g/mol. The van der Waals surface area contributed by atoms with E-state index < -0.39 is 33.4 Å². The molecule has 0 aromatic heterocycles. The van der Waals surface area contributed by atoms with Gasteiger partial charge in [0.25, 0.3) is 0 Å². The molecule has 0 heterocycles. The molecule has 0 aliphatic heterocycles. The number of carbonyl (C=O) groups excluding carboxylic acids is 1. The second-order valence-corrected chi connectivity index (χ2v) is 8.07. The van der Waals surface area contributed by atoms with Crippen molar-refractivity contribution in [2.75, 3.05) is 12.0 Å². The van der Waals surface area contributed by atoms with Crippen LogP contribution in [0.25, 0.3) is 6.08 Å². The van der Waals surface area contributed by atoms with Gasteiger partial charge < -0.3 is 4.90 Å². The molecule has 0 bridgehead atoms. The summed E-state index contributed by atoms with van der Waals surface area (Å²) in [5.74, 6) is -2.09. The van der Waals surface area contributed by atoms with Crippen molar-refractivity contribution in [3.05, 3.63) is 41.5 Å². The third-order valence-electron chi connectivity index (χ3n) is 3.61. The van der Waals surface area contributed by atoms with Crippen molar-refractivity contribution < 1.29 is 22.0 Å². The van der Waals surface area contributed by atoms with Gasteiger partial charge in [-0.3, -0.25) is 4.79 Å². The molecule has 1 aromatic carbocycles. The Balaban J connectivity index is 2.17. The summed E-state index contributed by atoms with van der Waals surface area (Å²) in [6.07, 6.45) is 4.92. The molecule has 0 saturated heterocycles. The smallest absolute Gasteiger partial charge is 0.247 e. The summed E-state index contributed by atoms with van der Waals surface area (Å²) in [5.41, 5.74) is -0.285. The molecule has 1 atom stereocenters. The maximum Gasteiger partial charge on any atom is 0.247 e. The van der Waals surface area contributed by atoms with Crippen molar-refractivity contribution in [3.8, 4) is 0 Å². The van der Waals surface area contributed by atoms with E-state index in [0.29, 0.717) is 0 Å². The molecule has 1 aliphatic rings. The SMILES string of the molecule is CC(CS(C)(=O)=O)N(C(=O)C=Cc1c(F)cccc1F)C1CC1. The Labute approximate surface area is 134 Å². The highest BCUT2D eigenvalue weighted by Crippen LogP contribution is 2.29. The molecule has 4 nitrogen and oxygen atoms in total. The quantitative estimate of drug-likeness (QED) is 0.746. The van der Waals surface area contributed by atoms with Crippen LogP contribution in [0.3, 0.4) is 0 Å². The average Bonchev–Trinajstić information content (AvgIpc) is 3.20. The molecule has 1 amide bonds. The summed E-state index contributed by atoms with van der Waals surface area (Å²) >= 11 is 0. The molecule has 0 radical (unpaired) electrons. The van der Waals surface area contributed by atoms with Gasteiger partial charge in [0.2, 0.25) is 5.91 Å². The van der Waals surface area contributed by atoms with Crippen LogP contribution in [0.15, 0.2) is 24.3 Å². The van der Waals surface area contributed by atoms with Gasteiger partial charge in [-0.15, -0.1) is 0 Å². The maximum atomic E-state index is 13.6. The fourth-order valence-corrected chi connectivity index (χ4v) is 3.58. The number of amides is 1. The predicted octanol–water partition coefficient (Wildman–Crippen LogP) is 2.40. The molecule has 1 fully saturated rings. The van der Waals surface area contributed by atoms with Crippen molar-refractivity contribution in [1.29, 1.82) is 0 Å². The first-order valence-corrected chi connectivity index (χ1v) is 9.37. The molecular weight excluding hydrogens is 324 g/mol. The molecule has 7 heteroatoms. The third kappa shape index (κ3) is 4.86. The lowest BCUT2D eigenvalue weighted by atomic mass is 10.1. The van der Waals surface area contributed by atoms with Crippen molar-refractivity contribution in [1.82, 2.24) is 4.90 Å². The predicted molar refractivity (Wildman–Crippen MR) is 84.4 cm³/mol. The van der Waals surface area contributed by atoms with E-state index in [4.69, 9.17) is 0 Å². The van der Waals surface area contributed by atoms with Crippen molar-refractivity contribution in [3.63, 3.8) is 0 Å². The summed E-state index contributed by atoms with van der Waals surface area (Å²) in [6, 6.07) is 2.97. The molecule has 1 aromatic rings. The molecule has 0 spiro atoms. The fraction of sp³-hybridized carbons (Fsp3) is 0.438. The van der Waals surface area contributed by atoms with Crippen LogP contribution in [0.5, 0.6) is 0 Å². The van der Waals surface area contributed by atoms with Gasteiger partial charge in [-0.05, 0) is 38.0 Å². The second-order valence-electron chi connectivity index (χ2n) is 5.89. The van der Waals surface area contributed by atoms with E-state index in [0.717, 1.165) is 43.4 Å². The zero-order valence-electron chi connectivity index (χ0n) is 13.0. The minimum absolute atomic E-state index is 0.00522. The fourth-order valence-electron chi connectivity index (χ4n) is 2.54. The first-order valence-electron chi connectivity index (χ1n) is 7.31. The normalized spacial score (nSPS) is 16.5. The lowest BCUT2D eigenvalue weighted by Gasteiger charge is -2.27. The zero-order chi connectivity index (χ0) is 17.2. The van der Waals surface area contributed by atoms with E-state index >= 15 is 0 Å². The first-order chi connectivity index (χ1) is 10.7. The Morgan fingerprint density at radius 3 is 2.39 bits per heavy atom. The Kier molecular flexibility index (Phi) is 5.19.